The van der Waals surface area contributed by atoms with Crippen molar-refractivity contribution in [1.82, 2.24) is 0 Å². The van der Waals surface area contributed by atoms with Crippen molar-refractivity contribution in [1.29, 1.82) is 0 Å². The summed E-state index contributed by atoms with van der Waals surface area (Å²) in [7, 11) is 0. The highest BCUT2D eigenvalue weighted by Crippen LogP contribution is 2.32. The second kappa shape index (κ2) is 3.87. The molecule has 0 N–H and O–H groups in total. The first-order chi connectivity index (χ1) is 7.58. The van der Waals surface area contributed by atoms with Crippen LogP contribution in [0.25, 0.3) is 0 Å². The van der Waals surface area contributed by atoms with Crippen LogP contribution < -0.4 is 4.90 Å². The van der Waals surface area contributed by atoms with Crippen molar-refractivity contribution in [2.24, 2.45) is 0 Å². The molecular formula is C15H19N. The van der Waals surface area contributed by atoms with E-state index in [1.807, 2.05) is 0 Å². The zero-order valence-electron chi connectivity index (χ0n) is 10.4. The second-order valence-corrected chi connectivity index (χ2v) is 4.94. The maximum Gasteiger partial charge on any atom is 0.0504 e. The molecule has 16 heavy (non-hydrogen) atoms. The van der Waals surface area contributed by atoms with Gasteiger partial charge in [0.2, 0.25) is 0 Å². The summed E-state index contributed by atoms with van der Waals surface area (Å²) >= 11 is 0. The van der Waals surface area contributed by atoms with Crippen LogP contribution in [0, 0.1) is 12.3 Å². The molecule has 0 atom stereocenters. The van der Waals surface area contributed by atoms with E-state index in [1.54, 1.807) is 0 Å². The largest absolute Gasteiger partial charge is 0.371 e. The Hall–Kier alpha value is -1.42. The highest BCUT2D eigenvalue weighted by atomic mass is 15.1. The summed E-state index contributed by atoms with van der Waals surface area (Å²) in [6, 6.07) is 6.68. The van der Waals surface area contributed by atoms with Crippen LogP contribution in [0.2, 0.25) is 0 Å². The first-order valence-electron chi connectivity index (χ1n) is 5.94. The monoisotopic (exact) mass is 213 g/mol. The van der Waals surface area contributed by atoms with E-state index in [9.17, 15) is 0 Å². The van der Waals surface area contributed by atoms with E-state index in [1.165, 1.54) is 16.8 Å². The Morgan fingerprint density at radius 3 is 2.81 bits per heavy atom. The summed E-state index contributed by atoms with van der Waals surface area (Å²) in [5.74, 6) is 2.86. The molecule has 1 aliphatic rings. The van der Waals surface area contributed by atoms with Gasteiger partial charge in [-0.3, -0.25) is 0 Å². The first kappa shape index (κ1) is 11.1. The van der Waals surface area contributed by atoms with Gasteiger partial charge in [0.05, 0.1) is 5.41 Å². The summed E-state index contributed by atoms with van der Waals surface area (Å²) in [6.45, 7) is 8.63. The third-order valence-corrected chi connectivity index (χ3v) is 3.54. The summed E-state index contributed by atoms with van der Waals surface area (Å²) in [5.41, 5.74) is 3.93. The lowest BCUT2D eigenvalue weighted by Crippen LogP contribution is -2.19. The van der Waals surface area contributed by atoms with E-state index in [0.29, 0.717) is 0 Å². The fourth-order valence-electron chi connectivity index (χ4n) is 2.27. The topological polar surface area (TPSA) is 3.24 Å². The molecule has 1 nitrogen and oxygen atoms in total. The molecule has 1 aromatic rings. The van der Waals surface area contributed by atoms with E-state index in [4.69, 9.17) is 6.42 Å². The van der Waals surface area contributed by atoms with E-state index in [-0.39, 0.29) is 5.41 Å². The van der Waals surface area contributed by atoms with Gasteiger partial charge >= 0.3 is 0 Å². The van der Waals surface area contributed by atoms with Gasteiger partial charge in [0.25, 0.3) is 0 Å². The van der Waals surface area contributed by atoms with Gasteiger partial charge in [-0.25, -0.2) is 0 Å². The molecule has 2 rings (SSSR count). The minimum Gasteiger partial charge on any atom is -0.371 e. The van der Waals surface area contributed by atoms with Gasteiger partial charge in [0.15, 0.2) is 0 Å². The number of likely N-dealkylation sites (N-methyl/N-ethyl adjacent to an activating group) is 1. The Morgan fingerprint density at radius 1 is 1.44 bits per heavy atom. The van der Waals surface area contributed by atoms with Crippen LogP contribution in [-0.4, -0.2) is 13.1 Å². The Morgan fingerprint density at radius 2 is 2.19 bits per heavy atom. The second-order valence-electron chi connectivity index (χ2n) is 4.94. The first-order valence-corrected chi connectivity index (χ1v) is 5.94. The van der Waals surface area contributed by atoms with E-state index in [0.717, 1.165) is 19.5 Å². The van der Waals surface area contributed by atoms with Gasteiger partial charge in [0, 0.05) is 18.8 Å². The van der Waals surface area contributed by atoms with Crippen molar-refractivity contribution in [3.05, 3.63) is 29.3 Å². The zero-order chi connectivity index (χ0) is 11.8. The Labute approximate surface area is 98.5 Å². The molecule has 0 bridgehead atoms. The average molecular weight is 213 g/mol. The predicted octanol–water partition coefficient (Wildman–Crippen LogP) is 2.98. The molecule has 0 fully saturated rings. The van der Waals surface area contributed by atoms with Crippen LogP contribution in [0.1, 0.15) is 31.9 Å². The van der Waals surface area contributed by atoms with Gasteiger partial charge in [-0.2, -0.15) is 0 Å². The maximum atomic E-state index is 5.58. The summed E-state index contributed by atoms with van der Waals surface area (Å²) in [4.78, 5) is 2.42. The third kappa shape index (κ3) is 1.69. The van der Waals surface area contributed by atoms with Gasteiger partial charge in [-0.15, -0.1) is 6.42 Å². The van der Waals surface area contributed by atoms with Crippen LogP contribution in [0.3, 0.4) is 0 Å². The molecule has 1 heteroatoms. The minimum absolute atomic E-state index is 0.158. The number of fused-ring (bicyclic) bond motifs is 1. The van der Waals surface area contributed by atoms with Gasteiger partial charge < -0.3 is 4.90 Å². The standard InChI is InChI=1S/C15H19N/c1-5-15(3,4)13-7-8-14-12(11-13)9-10-16(14)6-2/h1,7-8,11H,6,9-10H2,2-4H3. The lowest BCUT2D eigenvalue weighted by molar-refractivity contribution is 0.698. The number of hydrogen-bond acceptors (Lipinski definition) is 1. The molecule has 0 spiro atoms. The highest BCUT2D eigenvalue weighted by molar-refractivity contribution is 5.60. The molecular weight excluding hydrogens is 194 g/mol. The number of rotatable bonds is 2. The van der Waals surface area contributed by atoms with Gasteiger partial charge in [-0.05, 0) is 44.4 Å². The van der Waals surface area contributed by atoms with Gasteiger partial charge in [0.1, 0.15) is 0 Å². The van der Waals surface area contributed by atoms with Crippen molar-refractivity contribution in [3.63, 3.8) is 0 Å². The van der Waals surface area contributed by atoms with Crippen molar-refractivity contribution in [2.75, 3.05) is 18.0 Å². The van der Waals surface area contributed by atoms with Crippen molar-refractivity contribution < 1.29 is 0 Å². The average Bonchev–Trinajstić information content (AvgIpc) is 2.70. The van der Waals surface area contributed by atoms with Crippen LogP contribution in [0.15, 0.2) is 18.2 Å². The van der Waals surface area contributed by atoms with Crippen molar-refractivity contribution >= 4 is 5.69 Å². The Bertz CT molecular complexity index is 437. The molecule has 0 amide bonds. The lowest BCUT2D eigenvalue weighted by atomic mass is 9.84. The summed E-state index contributed by atoms with van der Waals surface area (Å²) in [6.07, 6.45) is 6.73. The van der Waals surface area contributed by atoms with Crippen molar-refractivity contribution in [3.8, 4) is 12.3 Å². The molecule has 0 aromatic heterocycles. The lowest BCUT2D eigenvalue weighted by Gasteiger charge is -2.21. The van der Waals surface area contributed by atoms with Crippen LogP contribution in [0.5, 0.6) is 0 Å². The smallest absolute Gasteiger partial charge is 0.0504 e. The minimum atomic E-state index is -0.158. The molecule has 1 aromatic carbocycles. The molecule has 0 aliphatic carbocycles. The molecule has 84 valence electrons. The summed E-state index contributed by atoms with van der Waals surface area (Å²) < 4.78 is 0. The SMILES string of the molecule is C#CC(C)(C)c1ccc2c(c1)CCN2CC. The maximum absolute atomic E-state index is 5.58. The number of terminal acetylenes is 1. The van der Waals surface area contributed by atoms with Crippen LogP contribution >= 0.6 is 0 Å². The molecule has 0 saturated heterocycles. The number of hydrogen-bond donors (Lipinski definition) is 0. The summed E-state index contributed by atoms with van der Waals surface area (Å²) in [5, 5.41) is 0. The molecule has 0 saturated carbocycles. The molecule has 0 unspecified atom stereocenters. The van der Waals surface area contributed by atoms with E-state index >= 15 is 0 Å². The van der Waals surface area contributed by atoms with Crippen molar-refractivity contribution in [2.45, 2.75) is 32.6 Å². The molecule has 1 aliphatic heterocycles. The Kier molecular flexibility index (Phi) is 2.68. The molecule has 1 heterocycles. The van der Waals surface area contributed by atoms with Gasteiger partial charge in [-0.1, -0.05) is 18.1 Å². The fourth-order valence-corrected chi connectivity index (χ4v) is 2.27. The zero-order valence-corrected chi connectivity index (χ0v) is 10.4. The van der Waals surface area contributed by atoms with E-state index < -0.39 is 0 Å². The van der Waals surface area contributed by atoms with Crippen LogP contribution in [0.4, 0.5) is 5.69 Å². The fraction of sp³-hybridized carbons (Fsp3) is 0.467. The third-order valence-electron chi connectivity index (χ3n) is 3.54. The van der Waals surface area contributed by atoms with E-state index in [2.05, 4.69) is 49.8 Å². The van der Waals surface area contributed by atoms with Crippen LogP contribution in [-0.2, 0) is 11.8 Å². The normalized spacial score (nSPS) is 14.8. The quantitative estimate of drug-likeness (QED) is 0.683. The molecule has 0 radical (unpaired) electrons. The number of anilines is 1. The highest BCUT2D eigenvalue weighted by Gasteiger charge is 2.22. The predicted molar refractivity (Wildman–Crippen MR) is 69.9 cm³/mol. The Balaban J connectivity index is 2.40. The number of nitrogens with zero attached hydrogens (tertiary/aromatic N) is 1. The number of benzene rings is 1.